The molecule has 1 aliphatic heterocycles. The summed E-state index contributed by atoms with van der Waals surface area (Å²) in [5.74, 6) is 0.669. The van der Waals surface area contributed by atoms with Gasteiger partial charge in [0.25, 0.3) is 0 Å². The first-order valence-electron chi connectivity index (χ1n) is 6.27. The van der Waals surface area contributed by atoms with E-state index in [0.29, 0.717) is 24.3 Å². The van der Waals surface area contributed by atoms with Gasteiger partial charge in [0.05, 0.1) is 11.7 Å². The van der Waals surface area contributed by atoms with Crippen LogP contribution in [0.15, 0.2) is 30.9 Å². The van der Waals surface area contributed by atoms with Gasteiger partial charge in [-0.3, -0.25) is 4.79 Å². The van der Waals surface area contributed by atoms with Gasteiger partial charge in [0.1, 0.15) is 12.4 Å². The van der Waals surface area contributed by atoms with Gasteiger partial charge in [0.2, 0.25) is 0 Å². The predicted molar refractivity (Wildman–Crippen MR) is 70.2 cm³/mol. The molecule has 0 aromatic heterocycles. The third-order valence-corrected chi connectivity index (χ3v) is 3.06. The summed E-state index contributed by atoms with van der Waals surface area (Å²) in [6.07, 6.45) is 5.60. The summed E-state index contributed by atoms with van der Waals surface area (Å²) in [5, 5.41) is 0. The zero-order valence-electron chi connectivity index (χ0n) is 10.4. The Kier molecular flexibility index (Phi) is 4.53. The first kappa shape index (κ1) is 12.8. The number of benzene rings is 1. The van der Waals surface area contributed by atoms with Crippen LogP contribution in [0.4, 0.5) is 0 Å². The second-order valence-electron chi connectivity index (χ2n) is 4.39. The minimum Gasteiger partial charge on any atom is -0.490 e. The van der Waals surface area contributed by atoms with E-state index in [1.165, 1.54) is 0 Å². The van der Waals surface area contributed by atoms with Gasteiger partial charge in [0, 0.05) is 6.61 Å². The summed E-state index contributed by atoms with van der Waals surface area (Å²) >= 11 is 0. The second kappa shape index (κ2) is 6.36. The molecule has 0 aliphatic carbocycles. The maximum absolute atomic E-state index is 11.0. The number of carbonyl (C=O) groups is 1. The van der Waals surface area contributed by atoms with E-state index in [2.05, 4.69) is 6.58 Å². The van der Waals surface area contributed by atoms with E-state index in [4.69, 9.17) is 9.47 Å². The van der Waals surface area contributed by atoms with Crippen LogP contribution in [-0.2, 0) is 11.2 Å². The molecule has 1 aromatic carbocycles. The van der Waals surface area contributed by atoms with Gasteiger partial charge in [-0.05, 0) is 30.9 Å². The molecule has 1 unspecified atom stereocenters. The minimum atomic E-state index is 0.154. The molecule has 0 saturated carbocycles. The van der Waals surface area contributed by atoms with Crippen LogP contribution in [0.3, 0.4) is 0 Å². The fourth-order valence-electron chi connectivity index (χ4n) is 2.14. The molecule has 18 heavy (non-hydrogen) atoms. The predicted octanol–water partition coefficient (Wildman–Crippen LogP) is 2.79. The number of allylic oxidation sites excluding steroid dienone is 1. The Morgan fingerprint density at radius 3 is 3.06 bits per heavy atom. The van der Waals surface area contributed by atoms with Crippen molar-refractivity contribution in [3.8, 4) is 5.75 Å². The van der Waals surface area contributed by atoms with E-state index in [1.54, 1.807) is 6.07 Å². The highest BCUT2D eigenvalue weighted by Crippen LogP contribution is 2.25. The van der Waals surface area contributed by atoms with Crippen LogP contribution in [0, 0.1) is 0 Å². The zero-order valence-corrected chi connectivity index (χ0v) is 10.4. The quantitative estimate of drug-likeness (QED) is 0.572. The van der Waals surface area contributed by atoms with Gasteiger partial charge >= 0.3 is 0 Å². The van der Waals surface area contributed by atoms with E-state index in [9.17, 15) is 4.79 Å². The standard InChI is InChI=1S/C15H18O3/c1-2-5-12-6-3-7-13(10-16)15(12)18-11-14-8-4-9-17-14/h2-3,6-7,10,14H,1,4-5,8-9,11H2. The summed E-state index contributed by atoms with van der Waals surface area (Å²) in [6, 6.07) is 5.59. The fourth-order valence-corrected chi connectivity index (χ4v) is 2.14. The van der Waals surface area contributed by atoms with Crippen molar-refractivity contribution in [3.05, 3.63) is 42.0 Å². The molecule has 1 aliphatic rings. The minimum absolute atomic E-state index is 0.154. The fraction of sp³-hybridized carbons (Fsp3) is 0.400. The van der Waals surface area contributed by atoms with Gasteiger partial charge < -0.3 is 9.47 Å². The van der Waals surface area contributed by atoms with Gasteiger partial charge in [-0.25, -0.2) is 0 Å². The molecule has 0 N–H and O–H groups in total. The topological polar surface area (TPSA) is 35.5 Å². The lowest BCUT2D eigenvalue weighted by Gasteiger charge is -2.15. The lowest BCUT2D eigenvalue weighted by atomic mass is 10.1. The summed E-state index contributed by atoms with van der Waals surface area (Å²) in [6.45, 7) is 5.04. The first-order chi connectivity index (χ1) is 8.85. The molecule has 0 radical (unpaired) electrons. The highest BCUT2D eigenvalue weighted by Gasteiger charge is 2.17. The first-order valence-corrected chi connectivity index (χ1v) is 6.27. The van der Waals surface area contributed by atoms with E-state index in [0.717, 1.165) is 31.3 Å². The molecule has 1 saturated heterocycles. The zero-order chi connectivity index (χ0) is 12.8. The smallest absolute Gasteiger partial charge is 0.153 e. The number of carbonyl (C=O) groups excluding carboxylic acids is 1. The van der Waals surface area contributed by atoms with Crippen LogP contribution in [-0.4, -0.2) is 25.6 Å². The third-order valence-electron chi connectivity index (χ3n) is 3.06. The Balaban J connectivity index is 2.12. The normalized spacial score (nSPS) is 18.6. The van der Waals surface area contributed by atoms with Crippen LogP contribution >= 0.6 is 0 Å². The van der Waals surface area contributed by atoms with E-state index in [-0.39, 0.29) is 6.10 Å². The Hall–Kier alpha value is -1.61. The number of rotatable bonds is 6. The van der Waals surface area contributed by atoms with E-state index >= 15 is 0 Å². The van der Waals surface area contributed by atoms with E-state index in [1.807, 2.05) is 18.2 Å². The lowest BCUT2D eigenvalue weighted by Crippen LogP contribution is -2.17. The Labute approximate surface area is 107 Å². The average Bonchev–Trinajstić information content (AvgIpc) is 2.90. The molecule has 1 heterocycles. The number of para-hydroxylation sites is 1. The Morgan fingerprint density at radius 2 is 2.39 bits per heavy atom. The van der Waals surface area contributed by atoms with Gasteiger partial charge in [0.15, 0.2) is 6.29 Å². The SMILES string of the molecule is C=CCc1cccc(C=O)c1OCC1CCCO1. The highest BCUT2D eigenvalue weighted by atomic mass is 16.5. The number of aldehydes is 1. The molecule has 3 nitrogen and oxygen atoms in total. The summed E-state index contributed by atoms with van der Waals surface area (Å²) < 4.78 is 11.3. The molecule has 2 rings (SSSR count). The Morgan fingerprint density at radius 1 is 1.50 bits per heavy atom. The summed E-state index contributed by atoms with van der Waals surface area (Å²) in [5.41, 5.74) is 1.58. The van der Waals surface area contributed by atoms with Crippen molar-refractivity contribution in [2.75, 3.05) is 13.2 Å². The van der Waals surface area contributed by atoms with Crippen molar-refractivity contribution in [1.82, 2.24) is 0 Å². The maximum atomic E-state index is 11.0. The average molecular weight is 246 g/mol. The molecular weight excluding hydrogens is 228 g/mol. The van der Waals surface area contributed by atoms with Gasteiger partial charge in [-0.15, -0.1) is 6.58 Å². The van der Waals surface area contributed by atoms with Crippen molar-refractivity contribution in [2.24, 2.45) is 0 Å². The molecular formula is C15H18O3. The molecule has 0 amide bonds. The molecule has 3 heteroatoms. The van der Waals surface area contributed by atoms with Gasteiger partial charge in [-0.1, -0.05) is 18.2 Å². The molecule has 1 aromatic rings. The maximum Gasteiger partial charge on any atom is 0.153 e. The Bertz CT molecular complexity index is 420. The third kappa shape index (κ3) is 2.99. The molecule has 1 atom stereocenters. The molecule has 0 bridgehead atoms. The second-order valence-corrected chi connectivity index (χ2v) is 4.39. The van der Waals surface area contributed by atoms with Crippen LogP contribution in [0.25, 0.3) is 0 Å². The summed E-state index contributed by atoms with van der Waals surface area (Å²) in [7, 11) is 0. The van der Waals surface area contributed by atoms with Crippen molar-refractivity contribution >= 4 is 6.29 Å². The van der Waals surface area contributed by atoms with Crippen LogP contribution < -0.4 is 4.74 Å². The lowest BCUT2D eigenvalue weighted by molar-refractivity contribution is 0.0672. The van der Waals surface area contributed by atoms with Crippen molar-refractivity contribution in [2.45, 2.75) is 25.4 Å². The van der Waals surface area contributed by atoms with Crippen LogP contribution in [0.1, 0.15) is 28.8 Å². The van der Waals surface area contributed by atoms with Crippen molar-refractivity contribution in [1.29, 1.82) is 0 Å². The van der Waals surface area contributed by atoms with Crippen LogP contribution in [0.2, 0.25) is 0 Å². The van der Waals surface area contributed by atoms with Crippen LogP contribution in [0.5, 0.6) is 5.75 Å². The van der Waals surface area contributed by atoms with Crippen molar-refractivity contribution < 1.29 is 14.3 Å². The number of hydrogen-bond acceptors (Lipinski definition) is 3. The monoisotopic (exact) mass is 246 g/mol. The number of hydrogen-bond donors (Lipinski definition) is 0. The van der Waals surface area contributed by atoms with Crippen molar-refractivity contribution in [3.63, 3.8) is 0 Å². The molecule has 96 valence electrons. The number of ether oxygens (including phenoxy) is 2. The molecule has 0 spiro atoms. The largest absolute Gasteiger partial charge is 0.490 e. The highest BCUT2D eigenvalue weighted by molar-refractivity contribution is 5.80. The summed E-state index contributed by atoms with van der Waals surface area (Å²) in [4.78, 5) is 11.0. The van der Waals surface area contributed by atoms with E-state index < -0.39 is 0 Å². The van der Waals surface area contributed by atoms with Gasteiger partial charge in [-0.2, -0.15) is 0 Å². The molecule has 1 fully saturated rings.